The maximum absolute atomic E-state index is 10.6. The first-order valence-electron chi connectivity index (χ1n) is 13.7. The van der Waals surface area contributed by atoms with E-state index >= 15 is 0 Å². The molecule has 1 saturated carbocycles. The molecular formula is C28H55IO. The Hall–Kier alpha value is 0.690. The van der Waals surface area contributed by atoms with Gasteiger partial charge in [0, 0.05) is 3.92 Å². The van der Waals surface area contributed by atoms with Crippen LogP contribution >= 0.6 is 22.6 Å². The number of aliphatic hydroxyl groups excluding tert-OH is 1. The summed E-state index contributed by atoms with van der Waals surface area (Å²) in [5, 5.41) is 10.6. The number of alkyl halides is 1. The fraction of sp³-hybridized carbons (Fsp3) is 1.00. The van der Waals surface area contributed by atoms with Crippen molar-refractivity contribution >= 4 is 22.6 Å². The summed E-state index contributed by atoms with van der Waals surface area (Å²) >= 11 is 2.66. The van der Waals surface area contributed by atoms with Gasteiger partial charge in [0.2, 0.25) is 0 Å². The van der Waals surface area contributed by atoms with Gasteiger partial charge in [0.1, 0.15) is 0 Å². The zero-order valence-corrected chi connectivity index (χ0v) is 23.3. The van der Waals surface area contributed by atoms with Crippen molar-refractivity contribution in [2.75, 3.05) is 0 Å². The Morgan fingerprint density at radius 3 is 2.03 bits per heavy atom. The summed E-state index contributed by atoms with van der Waals surface area (Å²) in [5.41, 5.74) is 0. The van der Waals surface area contributed by atoms with Crippen LogP contribution in [0.25, 0.3) is 0 Å². The summed E-state index contributed by atoms with van der Waals surface area (Å²) in [6, 6.07) is 0. The third-order valence-electron chi connectivity index (χ3n) is 8.24. The van der Waals surface area contributed by atoms with E-state index in [4.69, 9.17) is 0 Å². The van der Waals surface area contributed by atoms with E-state index in [-0.39, 0.29) is 6.10 Å². The standard InChI is InChI=1S/C28H55IO/c1-6-11-26(20-22(4)7-2)21-28(30)13-10-9-12-27(23(5)29)19-18-25-16-14-24(8-3)15-17-25/h22-28,30H,6-21H2,1-5H3/t22?,23-,24?,25?,26?,27?,28?/m1/s1. The molecule has 0 aliphatic heterocycles. The van der Waals surface area contributed by atoms with Gasteiger partial charge in [-0.05, 0) is 61.7 Å². The molecule has 0 aromatic carbocycles. The van der Waals surface area contributed by atoms with Crippen molar-refractivity contribution in [2.24, 2.45) is 29.6 Å². The monoisotopic (exact) mass is 534 g/mol. The molecule has 1 rings (SSSR count). The number of rotatable bonds is 17. The first kappa shape index (κ1) is 28.7. The molecule has 0 bridgehead atoms. The van der Waals surface area contributed by atoms with Crippen LogP contribution in [0.3, 0.4) is 0 Å². The highest BCUT2D eigenvalue weighted by Crippen LogP contribution is 2.35. The molecule has 2 heteroatoms. The normalized spacial score (nSPS) is 24.9. The number of unbranched alkanes of at least 4 members (excludes halogenated alkanes) is 1. The van der Waals surface area contributed by atoms with E-state index in [2.05, 4.69) is 57.2 Å². The minimum absolute atomic E-state index is 0.0742. The van der Waals surface area contributed by atoms with Gasteiger partial charge in [0.05, 0.1) is 6.10 Å². The molecular weight excluding hydrogens is 479 g/mol. The zero-order chi connectivity index (χ0) is 22.4. The predicted molar refractivity (Wildman–Crippen MR) is 144 cm³/mol. The van der Waals surface area contributed by atoms with Crippen molar-refractivity contribution in [3.8, 4) is 0 Å². The quantitative estimate of drug-likeness (QED) is 0.112. The molecule has 0 amide bonds. The second-order valence-electron chi connectivity index (χ2n) is 10.9. The van der Waals surface area contributed by atoms with E-state index in [0.29, 0.717) is 0 Å². The van der Waals surface area contributed by atoms with Crippen LogP contribution in [0, 0.1) is 29.6 Å². The summed E-state index contributed by atoms with van der Waals surface area (Å²) < 4.78 is 0.781. The minimum atomic E-state index is -0.0742. The van der Waals surface area contributed by atoms with Crippen molar-refractivity contribution in [1.82, 2.24) is 0 Å². The Balaban J connectivity index is 2.24. The Labute approximate surface area is 204 Å². The number of aliphatic hydroxyl groups is 1. The van der Waals surface area contributed by atoms with E-state index in [1.165, 1.54) is 89.9 Å². The van der Waals surface area contributed by atoms with E-state index in [9.17, 15) is 5.11 Å². The highest BCUT2D eigenvalue weighted by molar-refractivity contribution is 14.1. The number of halogens is 1. The van der Waals surface area contributed by atoms with Gasteiger partial charge in [-0.2, -0.15) is 0 Å². The summed E-state index contributed by atoms with van der Waals surface area (Å²) in [5.74, 6) is 4.44. The lowest BCUT2D eigenvalue weighted by atomic mass is 9.77. The van der Waals surface area contributed by atoms with Crippen molar-refractivity contribution in [3.05, 3.63) is 0 Å². The average Bonchev–Trinajstić information content (AvgIpc) is 2.73. The van der Waals surface area contributed by atoms with Gasteiger partial charge in [-0.1, -0.05) is 128 Å². The molecule has 0 saturated heterocycles. The molecule has 30 heavy (non-hydrogen) atoms. The van der Waals surface area contributed by atoms with Crippen molar-refractivity contribution in [2.45, 2.75) is 147 Å². The first-order valence-corrected chi connectivity index (χ1v) is 15.0. The van der Waals surface area contributed by atoms with Crippen LogP contribution in [0.2, 0.25) is 0 Å². The van der Waals surface area contributed by atoms with E-state index in [1.54, 1.807) is 0 Å². The minimum Gasteiger partial charge on any atom is -0.393 e. The summed E-state index contributed by atoms with van der Waals surface area (Å²) in [4.78, 5) is 0. The van der Waals surface area contributed by atoms with Gasteiger partial charge in [0.15, 0.2) is 0 Å². The predicted octanol–water partition coefficient (Wildman–Crippen LogP) is 9.59. The summed E-state index contributed by atoms with van der Waals surface area (Å²) in [6.45, 7) is 11.7. The molecule has 5 atom stereocenters. The largest absolute Gasteiger partial charge is 0.393 e. The smallest absolute Gasteiger partial charge is 0.0542 e. The summed E-state index contributed by atoms with van der Waals surface area (Å²) in [7, 11) is 0. The van der Waals surface area contributed by atoms with Gasteiger partial charge in [-0.25, -0.2) is 0 Å². The molecule has 180 valence electrons. The fourth-order valence-electron chi connectivity index (χ4n) is 5.75. The van der Waals surface area contributed by atoms with Gasteiger partial charge in [0.25, 0.3) is 0 Å². The molecule has 0 radical (unpaired) electrons. The molecule has 1 aliphatic rings. The number of hydrogen-bond donors (Lipinski definition) is 1. The summed E-state index contributed by atoms with van der Waals surface area (Å²) in [6.07, 6.45) is 21.2. The molecule has 0 heterocycles. The Kier molecular flexibility index (Phi) is 16.5. The van der Waals surface area contributed by atoms with Crippen LogP contribution in [-0.2, 0) is 0 Å². The second kappa shape index (κ2) is 17.2. The molecule has 1 nitrogen and oxygen atoms in total. The molecule has 0 aromatic heterocycles. The van der Waals surface area contributed by atoms with E-state index < -0.39 is 0 Å². The maximum Gasteiger partial charge on any atom is 0.0542 e. The van der Waals surface area contributed by atoms with Crippen molar-refractivity contribution in [3.63, 3.8) is 0 Å². The second-order valence-corrected chi connectivity index (χ2v) is 12.9. The Bertz CT molecular complexity index is 388. The molecule has 1 N–H and O–H groups in total. The van der Waals surface area contributed by atoms with Gasteiger partial charge < -0.3 is 5.11 Å². The molecule has 1 fully saturated rings. The van der Waals surface area contributed by atoms with Crippen LogP contribution in [0.1, 0.15) is 137 Å². The molecule has 0 aromatic rings. The Morgan fingerprint density at radius 2 is 1.47 bits per heavy atom. The first-order chi connectivity index (χ1) is 14.4. The van der Waals surface area contributed by atoms with Crippen molar-refractivity contribution in [1.29, 1.82) is 0 Å². The molecule has 0 spiro atoms. The van der Waals surface area contributed by atoms with Gasteiger partial charge >= 0.3 is 0 Å². The maximum atomic E-state index is 10.6. The third kappa shape index (κ3) is 12.7. The van der Waals surface area contributed by atoms with Gasteiger partial charge in [-0.15, -0.1) is 0 Å². The molecule has 1 aliphatic carbocycles. The zero-order valence-electron chi connectivity index (χ0n) is 21.2. The lowest BCUT2D eigenvalue weighted by Gasteiger charge is -2.29. The lowest BCUT2D eigenvalue weighted by Crippen LogP contribution is -2.18. The highest BCUT2D eigenvalue weighted by atomic mass is 127. The third-order valence-corrected chi connectivity index (χ3v) is 9.25. The topological polar surface area (TPSA) is 20.2 Å². The fourth-order valence-corrected chi connectivity index (χ4v) is 6.47. The number of hydrogen-bond acceptors (Lipinski definition) is 1. The SMILES string of the molecule is CCCC(CC(C)CC)CC(O)CCCCC(CCC1CCC(CC)CC1)[C@@H](C)I. The lowest BCUT2D eigenvalue weighted by molar-refractivity contribution is 0.119. The average molecular weight is 535 g/mol. The van der Waals surface area contributed by atoms with Crippen LogP contribution in [-0.4, -0.2) is 15.1 Å². The van der Waals surface area contributed by atoms with Gasteiger partial charge in [-0.3, -0.25) is 0 Å². The van der Waals surface area contributed by atoms with Crippen LogP contribution in [0.5, 0.6) is 0 Å². The van der Waals surface area contributed by atoms with E-state index in [0.717, 1.165) is 46.4 Å². The van der Waals surface area contributed by atoms with E-state index in [1.807, 2.05) is 0 Å². The Morgan fingerprint density at radius 1 is 0.833 bits per heavy atom. The molecule has 4 unspecified atom stereocenters. The van der Waals surface area contributed by atoms with Crippen LogP contribution in [0.4, 0.5) is 0 Å². The highest BCUT2D eigenvalue weighted by Gasteiger charge is 2.22. The van der Waals surface area contributed by atoms with Crippen LogP contribution < -0.4 is 0 Å². The van der Waals surface area contributed by atoms with Crippen LogP contribution in [0.15, 0.2) is 0 Å². The van der Waals surface area contributed by atoms with Crippen molar-refractivity contribution < 1.29 is 5.11 Å².